The van der Waals surface area contributed by atoms with Crippen molar-refractivity contribution in [1.82, 2.24) is 9.36 Å². The van der Waals surface area contributed by atoms with E-state index in [4.69, 9.17) is 0 Å². The summed E-state index contributed by atoms with van der Waals surface area (Å²) in [6.45, 7) is -0.738. The molecule has 0 aliphatic carbocycles. The number of alkyl halides is 5. The molecule has 2 aromatic rings. The Kier molecular flexibility index (Phi) is 4.45. The maximum atomic E-state index is 13.0. The van der Waals surface area contributed by atoms with Crippen LogP contribution < -0.4 is 5.56 Å². The van der Waals surface area contributed by atoms with Gasteiger partial charge in [0.2, 0.25) is 0 Å². The summed E-state index contributed by atoms with van der Waals surface area (Å²) < 4.78 is 66.0. The van der Waals surface area contributed by atoms with Gasteiger partial charge in [-0.15, -0.1) is 0 Å². The number of rotatable bonds is 4. The minimum atomic E-state index is -4.81. The topological polar surface area (TPSA) is 70.1 Å². The fourth-order valence-electron chi connectivity index (χ4n) is 2.23. The number of nitro benzene ring substituents is 1. The van der Waals surface area contributed by atoms with E-state index in [1.54, 1.807) is 0 Å². The van der Waals surface area contributed by atoms with Crippen LogP contribution in [0.25, 0.3) is 0 Å². The smallest absolute Gasteiger partial charge is 0.284 e. The lowest BCUT2D eigenvalue weighted by Crippen LogP contribution is -2.24. The number of non-ortho nitro benzene ring substituents is 1. The molecule has 0 bridgehead atoms. The lowest BCUT2D eigenvalue weighted by molar-refractivity contribution is -0.385. The normalized spacial score (nSPS) is 12.0. The fraction of sp³-hybridized carbons (Fsp3) is 0.308. The first-order valence-electron chi connectivity index (χ1n) is 6.41. The third-order valence-corrected chi connectivity index (χ3v) is 3.41. The second-order valence-electron chi connectivity index (χ2n) is 4.89. The Bertz CT molecular complexity index is 838. The quantitative estimate of drug-likeness (QED) is 0.483. The van der Waals surface area contributed by atoms with Crippen molar-refractivity contribution in [2.45, 2.75) is 19.1 Å². The average Bonchev–Trinajstić information content (AvgIpc) is 2.74. The highest BCUT2D eigenvalue weighted by Crippen LogP contribution is 2.34. The molecular weight excluding hydrogens is 341 g/mol. The third-order valence-electron chi connectivity index (χ3n) is 3.41. The van der Waals surface area contributed by atoms with Crippen molar-refractivity contribution in [3.63, 3.8) is 0 Å². The Hall–Kier alpha value is -2.72. The summed E-state index contributed by atoms with van der Waals surface area (Å²) in [5.41, 5.74) is -3.96. The molecule has 0 N–H and O–H groups in total. The van der Waals surface area contributed by atoms with Crippen LogP contribution in [-0.4, -0.2) is 14.3 Å². The Morgan fingerprint density at radius 3 is 2.33 bits per heavy atom. The summed E-state index contributed by atoms with van der Waals surface area (Å²) in [7, 11) is 1.09. The van der Waals surface area contributed by atoms with E-state index in [0.717, 1.165) is 11.7 Å². The summed E-state index contributed by atoms with van der Waals surface area (Å²) in [4.78, 5) is 21.6. The van der Waals surface area contributed by atoms with Gasteiger partial charge >= 0.3 is 6.18 Å². The molecule has 24 heavy (non-hydrogen) atoms. The van der Waals surface area contributed by atoms with Crippen LogP contribution in [-0.2, 0) is 19.8 Å². The molecule has 0 aliphatic heterocycles. The number of hydrogen-bond acceptors (Lipinski definition) is 3. The fourth-order valence-corrected chi connectivity index (χ4v) is 2.23. The van der Waals surface area contributed by atoms with Crippen LogP contribution in [0.2, 0.25) is 0 Å². The van der Waals surface area contributed by atoms with Crippen molar-refractivity contribution >= 4 is 5.69 Å². The number of nitrogens with zero attached hydrogens (tertiary/aromatic N) is 3. The molecule has 0 unspecified atom stereocenters. The third kappa shape index (κ3) is 3.29. The molecule has 2 rings (SSSR count). The van der Waals surface area contributed by atoms with E-state index in [-0.39, 0.29) is 0 Å². The number of halogens is 5. The van der Waals surface area contributed by atoms with Crippen molar-refractivity contribution in [2.75, 3.05) is 0 Å². The zero-order valence-corrected chi connectivity index (χ0v) is 12.1. The molecule has 11 heteroatoms. The summed E-state index contributed by atoms with van der Waals surface area (Å²) in [6.07, 6.45) is -7.80. The van der Waals surface area contributed by atoms with Crippen molar-refractivity contribution in [2.24, 2.45) is 7.05 Å². The number of benzene rings is 1. The Morgan fingerprint density at radius 1 is 1.25 bits per heavy atom. The maximum absolute atomic E-state index is 13.0. The van der Waals surface area contributed by atoms with Gasteiger partial charge in [-0.25, -0.2) is 13.5 Å². The minimum absolute atomic E-state index is 0.523. The average molecular weight is 351 g/mol. The zero-order valence-electron chi connectivity index (χ0n) is 12.1. The number of nitro groups is 1. The van der Waals surface area contributed by atoms with Gasteiger partial charge in [-0.3, -0.25) is 19.6 Å². The molecular formula is C13H10F5N3O3. The van der Waals surface area contributed by atoms with Gasteiger partial charge in [0, 0.05) is 25.2 Å². The highest BCUT2D eigenvalue weighted by molar-refractivity contribution is 5.41. The van der Waals surface area contributed by atoms with Crippen LogP contribution in [0.3, 0.4) is 0 Å². The van der Waals surface area contributed by atoms with Gasteiger partial charge in [0.05, 0.1) is 17.0 Å². The highest BCUT2D eigenvalue weighted by Gasteiger charge is 2.34. The molecule has 1 aromatic carbocycles. The lowest BCUT2D eigenvalue weighted by atomic mass is 10.1. The maximum Gasteiger partial charge on any atom is 0.416 e. The first-order chi connectivity index (χ1) is 11.0. The van der Waals surface area contributed by atoms with Gasteiger partial charge in [-0.2, -0.15) is 13.2 Å². The zero-order chi connectivity index (χ0) is 18.2. The molecule has 130 valence electrons. The molecule has 0 aliphatic rings. The van der Waals surface area contributed by atoms with Crippen LogP contribution in [0.4, 0.5) is 27.6 Å². The van der Waals surface area contributed by atoms with E-state index in [2.05, 4.69) is 0 Å². The van der Waals surface area contributed by atoms with Gasteiger partial charge in [0.1, 0.15) is 5.69 Å². The van der Waals surface area contributed by atoms with Crippen molar-refractivity contribution in [1.29, 1.82) is 0 Å². The van der Waals surface area contributed by atoms with Crippen LogP contribution in [0.15, 0.2) is 29.1 Å². The van der Waals surface area contributed by atoms with E-state index in [9.17, 15) is 36.9 Å². The van der Waals surface area contributed by atoms with Crippen LogP contribution in [0, 0.1) is 10.1 Å². The monoisotopic (exact) mass is 351 g/mol. The van der Waals surface area contributed by atoms with E-state index in [1.807, 2.05) is 0 Å². The van der Waals surface area contributed by atoms with E-state index in [1.165, 1.54) is 0 Å². The minimum Gasteiger partial charge on any atom is -0.284 e. The summed E-state index contributed by atoms with van der Waals surface area (Å²) in [6, 6.07) is 2.49. The molecule has 0 fully saturated rings. The van der Waals surface area contributed by atoms with Crippen LogP contribution in [0.5, 0.6) is 0 Å². The van der Waals surface area contributed by atoms with Crippen molar-refractivity contribution in [3.8, 4) is 0 Å². The molecule has 1 heterocycles. The highest BCUT2D eigenvalue weighted by atomic mass is 19.4. The molecule has 6 nitrogen and oxygen atoms in total. The molecule has 0 saturated carbocycles. The van der Waals surface area contributed by atoms with Gasteiger partial charge in [0.25, 0.3) is 17.7 Å². The first kappa shape index (κ1) is 17.6. The lowest BCUT2D eigenvalue weighted by Gasteiger charge is -2.15. The van der Waals surface area contributed by atoms with Crippen molar-refractivity contribution < 1.29 is 26.9 Å². The molecule has 0 radical (unpaired) electrons. The SMILES string of the molecule is Cn1c(C(F)F)cc(=O)n1Cc1cc([N+](=O)[O-])ccc1C(F)(F)F. The first-order valence-corrected chi connectivity index (χ1v) is 6.41. The van der Waals surface area contributed by atoms with Gasteiger partial charge in [0.15, 0.2) is 0 Å². The van der Waals surface area contributed by atoms with Gasteiger partial charge < -0.3 is 0 Å². The Balaban J connectivity index is 2.58. The molecule has 0 atom stereocenters. The number of hydrogen-bond donors (Lipinski definition) is 0. The Morgan fingerprint density at radius 2 is 1.88 bits per heavy atom. The Labute approximate surface area is 130 Å². The van der Waals surface area contributed by atoms with Crippen molar-refractivity contribution in [3.05, 3.63) is 61.6 Å². The van der Waals surface area contributed by atoms with E-state index >= 15 is 0 Å². The summed E-state index contributed by atoms with van der Waals surface area (Å²) in [5, 5.41) is 10.7. The standard InChI is InChI=1S/C13H10F5N3O3/c1-19-10(12(14)15)5-11(22)20(19)6-7-4-8(21(23)24)2-3-9(7)13(16,17)18/h2-5,12H,6H2,1H3. The summed E-state index contributed by atoms with van der Waals surface area (Å²) in [5.74, 6) is 0. The predicted molar refractivity (Wildman–Crippen MR) is 71.8 cm³/mol. The molecule has 0 saturated heterocycles. The van der Waals surface area contributed by atoms with E-state index < -0.39 is 52.1 Å². The number of aromatic nitrogens is 2. The summed E-state index contributed by atoms with van der Waals surface area (Å²) >= 11 is 0. The molecule has 1 aromatic heterocycles. The van der Waals surface area contributed by atoms with Crippen LogP contribution >= 0.6 is 0 Å². The second-order valence-corrected chi connectivity index (χ2v) is 4.89. The van der Waals surface area contributed by atoms with Gasteiger partial charge in [-0.1, -0.05) is 0 Å². The van der Waals surface area contributed by atoms with E-state index in [0.29, 0.717) is 28.9 Å². The second kappa shape index (κ2) is 6.06. The van der Waals surface area contributed by atoms with Gasteiger partial charge in [-0.05, 0) is 11.6 Å². The molecule has 0 spiro atoms. The molecule has 0 amide bonds. The van der Waals surface area contributed by atoms with Crippen LogP contribution in [0.1, 0.15) is 23.2 Å². The predicted octanol–water partition coefficient (Wildman–Crippen LogP) is 3.10. The largest absolute Gasteiger partial charge is 0.416 e.